The van der Waals surface area contributed by atoms with E-state index in [9.17, 15) is 4.79 Å². The normalized spacial score (nSPS) is 11.4. The molecule has 0 fully saturated rings. The van der Waals surface area contributed by atoms with Crippen molar-refractivity contribution in [3.05, 3.63) is 0 Å². The SMILES string of the molecule is CC(C)(C)C(=O)OC[SiH3]. The zero-order valence-corrected chi connectivity index (χ0v) is 8.52. The Morgan fingerprint density at radius 1 is 1.56 bits per heavy atom. The van der Waals surface area contributed by atoms with Crippen LogP contribution >= 0.6 is 0 Å². The van der Waals surface area contributed by atoms with E-state index < -0.39 is 0 Å². The minimum absolute atomic E-state index is 0.0995. The van der Waals surface area contributed by atoms with E-state index in [0.717, 1.165) is 10.2 Å². The first-order valence-corrected chi connectivity index (χ1v) is 4.57. The first kappa shape index (κ1) is 8.69. The molecule has 3 heteroatoms. The number of carbonyl (C=O) groups is 1. The smallest absolute Gasteiger partial charge is 0.310 e. The van der Waals surface area contributed by atoms with Crippen molar-refractivity contribution in [3.8, 4) is 0 Å². The molecule has 0 unspecified atom stereocenters. The lowest BCUT2D eigenvalue weighted by Crippen LogP contribution is -2.23. The molecule has 0 spiro atoms. The van der Waals surface area contributed by atoms with Crippen LogP contribution in [0.5, 0.6) is 0 Å². The van der Waals surface area contributed by atoms with Crippen molar-refractivity contribution in [1.82, 2.24) is 0 Å². The lowest BCUT2D eigenvalue weighted by Gasteiger charge is -2.14. The molecule has 0 aromatic rings. The second kappa shape index (κ2) is 3.01. The minimum atomic E-state index is -0.329. The monoisotopic (exact) mass is 146 g/mol. The summed E-state index contributed by atoms with van der Waals surface area (Å²) in [6.07, 6.45) is 0.607. The van der Waals surface area contributed by atoms with E-state index in [1.807, 2.05) is 20.8 Å². The third kappa shape index (κ3) is 3.29. The topological polar surface area (TPSA) is 26.3 Å². The van der Waals surface area contributed by atoms with E-state index in [2.05, 4.69) is 0 Å². The molecule has 0 bridgehead atoms. The average Bonchev–Trinajstić information content (AvgIpc) is 1.64. The molecule has 0 aliphatic rings. The number of ether oxygens (including phenoxy) is 1. The van der Waals surface area contributed by atoms with Gasteiger partial charge in [0.1, 0.15) is 0 Å². The van der Waals surface area contributed by atoms with Gasteiger partial charge in [-0.05, 0) is 20.8 Å². The minimum Gasteiger partial charge on any atom is -0.470 e. The summed E-state index contributed by atoms with van der Waals surface area (Å²) in [6, 6.07) is 0. The number of carbonyl (C=O) groups excluding carboxylic acids is 1. The van der Waals surface area contributed by atoms with Crippen LogP contribution < -0.4 is 0 Å². The third-order valence-corrected chi connectivity index (χ3v) is 1.18. The van der Waals surface area contributed by atoms with Crippen molar-refractivity contribution in [2.24, 2.45) is 5.41 Å². The highest BCUT2D eigenvalue weighted by Gasteiger charge is 2.21. The van der Waals surface area contributed by atoms with Crippen LogP contribution in [0, 0.1) is 5.41 Å². The molecule has 9 heavy (non-hydrogen) atoms. The van der Waals surface area contributed by atoms with Crippen molar-refractivity contribution >= 4 is 16.2 Å². The van der Waals surface area contributed by atoms with E-state index in [1.54, 1.807) is 0 Å². The summed E-state index contributed by atoms with van der Waals surface area (Å²) in [5, 5.41) is 0. The first-order valence-electron chi connectivity index (χ1n) is 3.15. The third-order valence-electron chi connectivity index (χ3n) is 0.888. The molecule has 0 atom stereocenters. The average molecular weight is 146 g/mol. The Morgan fingerprint density at radius 2 is 2.00 bits per heavy atom. The van der Waals surface area contributed by atoms with Crippen molar-refractivity contribution < 1.29 is 9.53 Å². The number of esters is 1. The largest absolute Gasteiger partial charge is 0.470 e. The fourth-order valence-corrected chi connectivity index (χ4v) is 0.610. The molecule has 0 amide bonds. The zero-order valence-electron chi connectivity index (χ0n) is 6.52. The molecule has 2 nitrogen and oxygen atoms in total. The fourth-order valence-electron chi connectivity index (χ4n) is 0.348. The second-order valence-electron chi connectivity index (χ2n) is 2.97. The molecule has 0 aromatic heterocycles. The van der Waals surface area contributed by atoms with Crippen molar-refractivity contribution in [3.63, 3.8) is 0 Å². The lowest BCUT2D eigenvalue weighted by atomic mass is 9.98. The molecule has 54 valence electrons. The highest BCUT2D eigenvalue weighted by atomic mass is 28.1. The summed E-state index contributed by atoms with van der Waals surface area (Å²) in [4.78, 5) is 10.9. The van der Waals surface area contributed by atoms with E-state index in [0.29, 0.717) is 6.23 Å². The van der Waals surface area contributed by atoms with Crippen molar-refractivity contribution in [2.45, 2.75) is 20.8 Å². The molecule has 0 aliphatic carbocycles. The molecule has 0 saturated carbocycles. The van der Waals surface area contributed by atoms with Gasteiger partial charge in [0.05, 0.1) is 21.9 Å². The van der Waals surface area contributed by atoms with Gasteiger partial charge in [-0.15, -0.1) is 0 Å². The van der Waals surface area contributed by atoms with Crippen LogP contribution in [0.25, 0.3) is 0 Å². The Bertz CT molecular complexity index is 104. The highest BCUT2D eigenvalue weighted by molar-refractivity contribution is 6.08. The molecular formula is C6H14O2Si. The van der Waals surface area contributed by atoms with Gasteiger partial charge in [0, 0.05) is 0 Å². The second-order valence-corrected chi connectivity index (χ2v) is 3.55. The van der Waals surface area contributed by atoms with E-state index in [1.165, 1.54) is 0 Å². The Balaban J connectivity index is 3.74. The number of hydrogen-bond donors (Lipinski definition) is 0. The maximum absolute atomic E-state index is 10.9. The van der Waals surface area contributed by atoms with E-state index >= 15 is 0 Å². The van der Waals surface area contributed by atoms with Gasteiger partial charge in [-0.25, -0.2) is 0 Å². The Hall–Kier alpha value is -0.313. The molecule has 0 radical (unpaired) electrons. The lowest BCUT2D eigenvalue weighted by molar-refractivity contribution is -0.150. The van der Waals surface area contributed by atoms with Gasteiger partial charge in [-0.1, -0.05) is 0 Å². The predicted octanol–water partition coefficient (Wildman–Crippen LogP) is -0.101. The van der Waals surface area contributed by atoms with Gasteiger partial charge in [-0.3, -0.25) is 4.79 Å². The van der Waals surface area contributed by atoms with Crippen LogP contribution in [0.4, 0.5) is 0 Å². The van der Waals surface area contributed by atoms with E-state index in [4.69, 9.17) is 4.74 Å². The molecule has 0 rings (SSSR count). The van der Waals surface area contributed by atoms with Gasteiger partial charge >= 0.3 is 5.97 Å². The quantitative estimate of drug-likeness (QED) is 0.381. The summed E-state index contributed by atoms with van der Waals surface area (Å²) in [6.45, 7) is 5.56. The maximum atomic E-state index is 10.9. The zero-order chi connectivity index (χ0) is 7.49. The summed E-state index contributed by atoms with van der Waals surface area (Å²) in [5.74, 6) is -0.0995. The predicted molar refractivity (Wildman–Crippen MR) is 40.4 cm³/mol. The number of rotatable bonds is 1. The van der Waals surface area contributed by atoms with Gasteiger partial charge in [0.2, 0.25) is 0 Å². The molecule has 0 N–H and O–H groups in total. The molecule has 0 aliphatic heterocycles. The van der Waals surface area contributed by atoms with Gasteiger partial charge in [0.15, 0.2) is 0 Å². The van der Waals surface area contributed by atoms with Crippen LogP contribution in [0.1, 0.15) is 20.8 Å². The molecule has 0 aromatic carbocycles. The van der Waals surface area contributed by atoms with Crippen LogP contribution in [0.3, 0.4) is 0 Å². The van der Waals surface area contributed by atoms with Crippen LogP contribution in [-0.2, 0) is 9.53 Å². The summed E-state index contributed by atoms with van der Waals surface area (Å²) >= 11 is 0. The Morgan fingerprint density at radius 3 is 2.11 bits per heavy atom. The standard InChI is InChI=1S/C6H14O2Si/c1-6(2,3)5(7)8-4-9/h4H2,1-3,9H3. The maximum Gasteiger partial charge on any atom is 0.310 e. The summed E-state index contributed by atoms with van der Waals surface area (Å²) in [5.41, 5.74) is -0.329. The van der Waals surface area contributed by atoms with Gasteiger partial charge < -0.3 is 4.74 Å². The van der Waals surface area contributed by atoms with E-state index in [-0.39, 0.29) is 11.4 Å². The Kier molecular flexibility index (Phi) is 2.90. The Labute approximate surface area is 59.0 Å². The fraction of sp³-hybridized carbons (Fsp3) is 0.833. The summed E-state index contributed by atoms with van der Waals surface area (Å²) < 4.78 is 4.83. The van der Waals surface area contributed by atoms with Crippen molar-refractivity contribution in [2.75, 3.05) is 6.23 Å². The van der Waals surface area contributed by atoms with Crippen LogP contribution in [0.2, 0.25) is 0 Å². The first-order chi connectivity index (χ1) is 3.98. The summed E-state index contributed by atoms with van der Waals surface area (Å²) in [7, 11) is 0.928. The van der Waals surface area contributed by atoms with Gasteiger partial charge in [0.25, 0.3) is 0 Å². The molecule has 0 saturated heterocycles. The van der Waals surface area contributed by atoms with Crippen molar-refractivity contribution in [1.29, 1.82) is 0 Å². The number of hydrogen-bond acceptors (Lipinski definition) is 2. The highest BCUT2D eigenvalue weighted by Crippen LogP contribution is 2.14. The van der Waals surface area contributed by atoms with Crippen LogP contribution in [0.15, 0.2) is 0 Å². The molecular weight excluding hydrogens is 132 g/mol. The van der Waals surface area contributed by atoms with Crippen LogP contribution in [-0.4, -0.2) is 22.4 Å². The van der Waals surface area contributed by atoms with Gasteiger partial charge in [-0.2, -0.15) is 0 Å². The molecule has 0 heterocycles.